The van der Waals surface area contributed by atoms with Crippen LogP contribution in [0.3, 0.4) is 0 Å². The van der Waals surface area contributed by atoms with E-state index in [9.17, 15) is 0 Å². The normalized spacial score (nSPS) is 10.6. The SMILES string of the molecule is C=CCn1c(SCc2ccccc2Cl)nnc1-c1cccc(OC)c1. The lowest BCUT2D eigenvalue weighted by Crippen LogP contribution is -2.01. The molecule has 0 unspecified atom stereocenters. The van der Waals surface area contributed by atoms with Gasteiger partial charge in [-0.2, -0.15) is 0 Å². The monoisotopic (exact) mass is 371 g/mol. The molecule has 3 rings (SSSR count). The lowest BCUT2D eigenvalue weighted by molar-refractivity contribution is 0.415. The van der Waals surface area contributed by atoms with E-state index >= 15 is 0 Å². The van der Waals surface area contributed by atoms with Gasteiger partial charge in [-0.1, -0.05) is 59.8 Å². The molecule has 0 N–H and O–H groups in total. The summed E-state index contributed by atoms with van der Waals surface area (Å²) in [5, 5.41) is 10.3. The van der Waals surface area contributed by atoms with Gasteiger partial charge in [-0.25, -0.2) is 0 Å². The molecule has 0 aliphatic rings. The minimum Gasteiger partial charge on any atom is -0.497 e. The molecule has 0 bridgehead atoms. The van der Waals surface area contributed by atoms with Gasteiger partial charge in [0.1, 0.15) is 5.75 Å². The van der Waals surface area contributed by atoms with Gasteiger partial charge in [0.25, 0.3) is 0 Å². The second-order valence-electron chi connectivity index (χ2n) is 5.32. The lowest BCUT2D eigenvalue weighted by atomic mass is 10.2. The standard InChI is InChI=1S/C19H18ClN3OS/c1-3-11-23-18(14-8-6-9-16(12-14)24-2)21-22-19(23)25-13-15-7-4-5-10-17(15)20/h3-10,12H,1,11,13H2,2H3. The fraction of sp³-hybridized carbons (Fsp3) is 0.158. The Labute approximate surface area is 156 Å². The Hall–Kier alpha value is -2.24. The fourth-order valence-corrected chi connectivity index (χ4v) is 3.66. The van der Waals surface area contributed by atoms with E-state index in [0.29, 0.717) is 6.54 Å². The van der Waals surface area contributed by atoms with Crippen LogP contribution in [0.2, 0.25) is 5.02 Å². The lowest BCUT2D eigenvalue weighted by Gasteiger charge is -2.09. The van der Waals surface area contributed by atoms with Crippen molar-refractivity contribution in [2.45, 2.75) is 17.5 Å². The first kappa shape index (κ1) is 17.6. The molecule has 0 aliphatic heterocycles. The molecule has 0 aliphatic carbocycles. The van der Waals surface area contributed by atoms with Crippen LogP contribution in [-0.2, 0) is 12.3 Å². The summed E-state index contributed by atoms with van der Waals surface area (Å²) in [6.07, 6.45) is 1.84. The van der Waals surface area contributed by atoms with E-state index in [1.165, 1.54) is 0 Å². The Kier molecular flexibility index (Phi) is 5.79. The number of allylic oxidation sites excluding steroid dienone is 1. The van der Waals surface area contributed by atoms with E-state index in [1.807, 2.05) is 59.2 Å². The average molecular weight is 372 g/mol. The number of hydrogen-bond donors (Lipinski definition) is 0. The number of benzene rings is 2. The highest BCUT2D eigenvalue weighted by Crippen LogP contribution is 2.29. The third kappa shape index (κ3) is 4.06. The number of hydrogen-bond acceptors (Lipinski definition) is 4. The number of thioether (sulfide) groups is 1. The van der Waals surface area contributed by atoms with Crippen LogP contribution in [0, 0.1) is 0 Å². The average Bonchev–Trinajstić information content (AvgIpc) is 3.04. The molecule has 2 aromatic carbocycles. The summed E-state index contributed by atoms with van der Waals surface area (Å²) in [7, 11) is 1.65. The first-order valence-electron chi connectivity index (χ1n) is 7.77. The van der Waals surface area contributed by atoms with Crippen LogP contribution in [-0.4, -0.2) is 21.9 Å². The minimum absolute atomic E-state index is 0.629. The van der Waals surface area contributed by atoms with Gasteiger partial charge in [-0.05, 0) is 23.8 Å². The van der Waals surface area contributed by atoms with Crippen molar-refractivity contribution < 1.29 is 4.74 Å². The molecule has 0 radical (unpaired) electrons. The van der Waals surface area contributed by atoms with Crippen LogP contribution >= 0.6 is 23.4 Å². The molecule has 1 aromatic heterocycles. The van der Waals surface area contributed by atoms with Crippen LogP contribution in [0.4, 0.5) is 0 Å². The summed E-state index contributed by atoms with van der Waals surface area (Å²) in [5.74, 6) is 2.31. The van der Waals surface area contributed by atoms with Gasteiger partial charge in [0, 0.05) is 22.9 Å². The highest BCUT2D eigenvalue weighted by atomic mass is 35.5. The van der Waals surface area contributed by atoms with Crippen LogP contribution in [0.1, 0.15) is 5.56 Å². The molecule has 25 heavy (non-hydrogen) atoms. The Bertz CT molecular complexity index is 879. The minimum atomic E-state index is 0.629. The predicted octanol–water partition coefficient (Wildman–Crippen LogP) is 5.09. The molecule has 0 amide bonds. The Morgan fingerprint density at radius 2 is 2.04 bits per heavy atom. The van der Waals surface area contributed by atoms with Crippen LogP contribution in [0.25, 0.3) is 11.4 Å². The molecule has 0 saturated carbocycles. The maximum Gasteiger partial charge on any atom is 0.192 e. The molecule has 0 spiro atoms. The van der Waals surface area contributed by atoms with Crippen molar-refractivity contribution in [3.8, 4) is 17.1 Å². The number of nitrogens with zero attached hydrogens (tertiary/aromatic N) is 3. The van der Waals surface area contributed by atoms with E-state index < -0.39 is 0 Å². The first-order valence-corrected chi connectivity index (χ1v) is 9.14. The first-order chi connectivity index (χ1) is 12.2. The van der Waals surface area contributed by atoms with E-state index in [-0.39, 0.29) is 0 Å². The topological polar surface area (TPSA) is 39.9 Å². The zero-order chi connectivity index (χ0) is 17.6. The summed E-state index contributed by atoms with van der Waals surface area (Å²) < 4.78 is 7.35. The highest BCUT2D eigenvalue weighted by Gasteiger charge is 2.14. The van der Waals surface area contributed by atoms with Crippen molar-refractivity contribution in [2.24, 2.45) is 0 Å². The molecule has 0 fully saturated rings. The summed E-state index contributed by atoms with van der Waals surface area (Å²) in [5.41, 5.74) is 2.03. The Morgan fingerprint density at radius 3 is 2.80 bits per heavy atom. The number of aromatic nitrogens is 3. The van der Waals surface area contributed by atoms with Crippen molar-refractivity contribution in [3.63, 3.8) is 0 Å². The predicted molar refractivity (Wildman–Crippen MR) is 103 cm³/mol. The Balaban J connectivity index is 1.89. The molecule has 4 nitrogen and oxygen atoms in total. The zero-order valence-corrected chi connectivity index (χ0v) is 15.4. The number of rotatable bonds is 7. The van der Waals surface area contributed by atoms with E-state index in [4.69, 9.17) is 16.3 Å². The molecular weight excluding hydrogens is 354 g/mol. The van der Waals surface area contributed by atoms with Gasteiger partial charge in [0.2, 0.25) is 0 Å². The second-order valence-corrected chi connectivity index (χ2v) is 6.67. The quantitative estimate of drug-likeness (QED) is 0.428. The van der Waals surface area contributed by atoms with Crippen LogP contribution < -0.4 is 4.74 Å². The maximum atomic E-state index is 6.24. The molecule has 0 atom stereocenters. The molecule has 1 heterocycles. The number of methoxy groups -OCH3 is 1. The van der Waals surface area contributed by atoms with Crippen molar-refractivity contribution >= 4 is 23.4 Å². The van der Waals surface area contributed by atoms with Gasteiger partial charge < -0.3 is 4.74 Å². The summed E-state index contributed by atoms with van der Waals surface area (Å²) in [4.78, 5) is 0. The third-order valence-electron chi connectivity index (χ3n) is 3.67. The summed E-state index contributed by atoms with van der Waals surface area (Å²) in [6, 6.07) is 15.6. The molecule has 128 valence electrons. The van der Waals surface area contributed by atoms with Gasteiger partial charge in [-0.15, -0.1) is 16.8 Å². The van der Waals surface area contributed by atoms with Gasteiger partial charge >= 0.3 is 0 Å². The third-order valence-corrected chi connectivity index (χ3v) is 5.06. The van der Waals surface area contributed by atoms with Gasteiger partial charge in [0.05, 0.1) is 7.11 Å². The summed E-state index contributed by atoms with van der Waals surface area (Å²) in [6.45, 7) is 4.48. The van der Waals surface area contributed by atoms with Gasteiger partial charge in [-0.3, -0.25) is 4.57 Å². The molecular formula is C19H18ClN3OS. The number of ether oxygens (including phenoxy) is 1. The molecule has 0 saturated heterocycles. The molecule has 6 heteroatoms. The van der Waals surface area contributed by atoms with E-state index in [0.717, 1.165) is 38.6 Å². The van der Waals surface area contributed by atoms with Crippen LogP contribution in [0.15, 0.2) is 66.3 Å². The van der Waals surface area contributed by atoms with Crippen molar-refractivity contribution in [1.82, 2.24) is 14.8 Å². The zero-order valence-electron chi connectivity index (χ0n) is 13.9. The summed E-state index contributed by atoms with van der Waals surface area (Å²) >= 11 is 7.85. The van der Waals surface area contributed by atoms with Crippen molar-refractivity contribution in [1.29, 1.82) is 0 Å². The van der Waals surface area contributed by atoms with E-state index in [2.05, 4.69) is 16.8 Å². The largest absolute Gasteiger partial charge is 0.497 e. The number of halogens is 1. The van der Waals surface area contributed by atoms with E-state index in [1.54, 1.807) is 18.9 Å². The maximum absolute atomic E-state index is 6.24. The van der Waals surface area contributed by atoms with Gasteiger partial charge in [0.15, 0.2) is 11.0 Å². The van der Waals surface area contributed by atoms with Crippen LogP contribution in [0.5, 0.6) is 5.75 Å². The highest BCUT2D eigenvalue weighted by molar-refractivity contribution is 7.98. The second kappa shape index (κ2) is 8.23. The Morgan fingerprint density at radius 1 is 1.20 bits per heavy atom. The smallest absolute Gasteiger partial charge is 0.192 e. The fourth-order valence-electron chi connectivity index (χ4n) is 2.42. The van der Waals surface area contributed by atoms with Crippen molar-refractivity contribution in [3.05, 3.63) is 71.8 Å². The van der Waals surface area contributed by atoms with Crippen molar-refractivity contribution in [2.75, 3.05) is 7.11 Å². The molecule has 3 aromatic rings.